The van der Waals surface area contributed by atoms with E-state index in [0.29, 0.717) is 13.0 Å². The average molecular weight is 398 g/mol. The van der Waals surface area contributed by atoms with Crippen LogP contribution >= 0.6 is 0 Å². The van der Waals surface area contributed by atoms with Crippen LogP contribution in [0.25, 0.3) is 0 Å². The molecule has 0 bridgehead atoms. The van der Waals surface area contributed by atoms with Crippen LogP contribution in [-0.2, 0) is 6.54 Å². The third-order valence-corrected chi connectivity index (χ3v) is 4.92. The van der Waals surface area contributed by atoms with E-state index in [1.54, 1.807) is 4.68 Å². The second kappa shape index (κ2) is 7.48. The number of amides is 1. The number of anilines is 1. The van der Waals surface area contributed by atoms with Crippen molar-refractivity contribution in [3.63, 3.8) is 0 Å². The Labute approximate surface area is 161 Å². The number of halogens is 3. The van der Waals surface area contributed by atoms with E-state index in [4.69, 9.17) is 0 Å². The molecule has 1 aliphatic heterocycles. The zero-order chi connectivity index (χ0) is 20.6. The van der Waals surface area contributed by atoms with Crippen LogP contribution in [0.5, 0.6) is 0 Å². The highest BCUT2D eigenvalue weighted by Gasteiger charge is 2.46. The van der Waals surface area contributed by atoms with Crippen molar-refractivity contribution in [2.75, 3.05) is 5.32 Å². The molecule has 3 atom stereocenters. The molecule has 2 aromatic heterocycles. The Balaban J connectivity index is 1.74. The van der Waals surface area contributed by atoms with Crippen molar-refractivity contribution >= 4 is 11.7 Å². The Hall–Kier alpha value is -2.52. The van der Waals surface area contributed by atoms with Crippen LogP contribution in [0.15, 0.2) is 12.1 Å². The largest absolute Gasteiger partial charge is 0.410 e. The molecular weight excluding hydrogens is 373 g/mol. The van der Waals surface area contributed by atoms with Gasteiger partial charge in [-0.2, -0.15) is 23.4 Å². The van der Waals surface area contributed by atoms with Crippen molar-refractivity contribution in [3.8, 4) is 0 Å². The SMILES string of the molecule is CC[C@@H]1C[C@H](C(F)(F)F)n2nc(C(=O)N[C@H](C)Cn3nc(C)cc3C)cc2N1. The molecule has 0 saturated heterocycles. The molecule has 0 aromatic carbocycles. The van der Waals surface area contributed by atoms with Crippen LogP contribution < -0.4 is 10.6 Å². The number of fused-ring (bicyclic) bond motifs is 1. The highest BCUT2D eigenvalue weighted by atomic mass is 19.4. The van der Waals surface area contributed by atoms with E-state index in [1.807, 2.05) is 33.8 Å². The standard InChI is InChI=1S/C18H25F3N6O/c1-5-13-7-15(18(19,20)21)27-16(23-13)8-14(25-27)17(28)22-11(3)9-26-12(4)6-10(2)24-26/h6,8,11,13,15,23H,5,7,9H2,1-4H3,(H,22,28)/t11-,13-,15-/m1/s1. The Morgan fingerprint density at radius 2 is 2.07 bits per heavy atom. The van der Waals surface area contributed by atoms with Gasteiger partial charge in [-0.05, 0) is 39.7 Å². The van der Waals surface area contributed by atoms with E-state index in [2.05, 4.69) is 20.8 Å². The van der Waals surface area contributed by atoms with Gasteiger partial charge in [-0.15, -0.1) is 0 Å². The predicted octanol–water partition coefficient (Wildman–Crippen LogP) is 3.21. The summed E-state index contributed by atoms with van der Waals surface area (Å²) in [5, 5.41) is 14.1. The van der Waals surface area contributed by atoms with Gasteiger partial charge in [0.25, 0.3) is 5.91 Å². The molecule has 3 heterocycles. The van der Waals surface area contributed by atoms with E-state index in [0.717, 1.165) is 16.1 Å². The first-order valence-electron chi connectivity index (χ1n) is 9.33. The van der Waals surface area contributed by atoms with Crippen molar-refractivity contribution in [2.45, 2.75) is 71.4 Å². The Bertz CT molecular complexity index is 856. The summed E-state index contributed by atoms with van der Waals surface area (Å²) in [4.78, 5) is 12.5. The molecule has 0 radical (unpaired) electrons. The smallest absolute Gasteiger partial charge is 0.367 e. The van der Waals surface area contributed by atoms with Gasteiger partial charge < -0.3 is 10.6 Å². The molecule has 10 heteroatoms. The number of carbonyl (C=O) groups is 1. The quantitative estimate of drug-likeness (QED) is 0.811. The van der Waals surface area contributed by atoms with Crippen molar-refractivity contribution in [1.29, 1.82) is 0 Å². The number of carbonyl (C=O) groups excluding carboxylic acids is 1. The minimum Gasteiger partial charge on any atom is -0.367 e. The van der Waals surface area contributed by atoms with Crippen LogP contribution in [0.4, 0.5) is 19.0 Å². The normalized spacial score (nSPS) is 20.4. The van der Waals surface area contributed by atoms with Crippen LogP contribution in [0, 0.1) is 13.8 Å². The molecule has 2 N–H and O–H groups in total. The van der Waals surface area contributed by atoms with Gasteiger partial charge in [0, 0.05) is 23.8 Å². The zero-order valence-corrected chi connectivity index (χ0v) is 16.3. The highest BCUT2D eigenvalue weighted by molar-refractivity contribution is 5.93. The van der Waals surface area contributed by atoms with Gasteiger partial charge in [0.1, 0.15) is 5.82 Å². The summed E-state index contributed by atoms with van der Waals surface area (Å²) >= 11 is 0. The summed E-state index contributed by atoms with van der Waals surface area (Å²) in [5.41, 5.74) is 1.82. The summed E-state index contributed by atoms with van der Waals surface area (Å²) in [7, 11) is 0. The first kappa shape index (κ1) is 20.2. The number of hydrogen-bond acceptors (Lipinski definition) is 4. The van der Waals surface area contributed by atoms with E-state index in [-0.39, 0.29) is 30.0 Å². The van der Waals surface area contributed by atoms with Crippen LogP contribution in [0.3, 0.4) is 0 Å². The Morgan fingerprint density at radius 3 is 2.64 bits per heavy atom. The lowest BCUT2D eigenvalue weighted by Gasteiger charge is -2.32. The number of hydrogen-bond donors (Lipinski definition) is 2. The third-order valence-electron chi connectivity index (χ3n) is 4.92. The zero-order valence-electron chi connectivity index (χ0n) is 16.3. The maximum absolute atomic E-state index is 13.4. The fourth-order valence-electron chi connectivity index (χ4n) is 3.49. The summed E-state index contributed by atoms with van der Waals surface area (Å²) in [6.45, 7) is 7.90. The molecule has 7 nitrogen and oxygen atoms in total. The third kappa shape index (κ3) is 4.15. The molecule has 154 valence electrons. The molecule has 1 aliphatic rings. The fourth-order valence-corrected chi connectivity index (χ4v) is 3.49. The highest BCUT2D eigenvalue weighted by Crippen LogP contribution is 2.39. The summed E-state index contributed by atoms with van der Waals surface area (Å²) in [5.74, 6) is -0.288. The van der Waals surface area contributed by atoms with E-state index < -0.39 is 18.1 Å². The maximum Gasteiger partial charge on any atom is 0.410 e. The van der Waals surface area contributed by atoms with Crippen LogP contribution in [0.1, 0.15) is 54.6 Å². The van der Waals surface area contributed by atoms with Gasteiger partial charge >= 0.3 is 6.18 Å². The number of aryl methyl sites for hydroxylation is 2. The van der Waals surface area contributed by atoms with Gasteiger partial charge in [-0.3, -0.25) is 9.48 Å². The van der Waals surface area contributed by atoms with E-state index >= 15 is 0 Å². The molecule has 3 rings (SSSR count). The summed E-state index contributed by atoms with van der Waals surface area (Å²) < 4.78 is 43.0. The van der Waals surface area contributed by atoms with Gasteiger partial charge in [0.15, 0.2) is 11.7 Å². The van der Waals surface area contributed by atoms with Crippen LogP contribution in [0.2, 0.25) is 0 Å². The fraction of sp³-hybridized carbons (Fsp3) is 0.611. The number of nitrogens with one attached hydrogen (secondary N) is 2. The number of rotatable bonds is 5. The number of nitrogens with zero attached hydrogens (tertiary/aromatic N) is 4. The first-order chi connectivity index (χ1) is 13.1. The second-order valence-electron chi connectivity index (χ2n) is 7.39. The van der Waals surface area contributed by atoms with Crippen molar-refractivity contribution < 1.29 is 18.0 Å². The number of alkyl halides is 3. The molecular formula is C18H25F3N6O. The maximum atomic E-state index is 13.4. The minimum atomic E-state index is -4.42. The first-order valence-corrected chi connectivity index (χ1v) is 9.33. The molecule has 0 spiro atoms. The molecule has 0 saturated carbocycles. The lowest BCUT2D eigenvalue weighted by atomic mass is 10.0. The lowest BCUT2D eigenvalue weighted by Crippen LogP contribution is -2.39. The average Bonchev–Trinajstić information content (AvgIpc) is 3.15. The van der Waals surface area contributed by atoms with Gasteiger partial charge in [0.05, 0.1) is 12.2 Å². The monoisotopic (exact) mass is 398 g/mol. The molecule has 0 aliphatic carbocycles. The van der Waals surface area contributed by atoms with Crippen molar-refractivity contribution in [2.24, 2.45) is 0 Å². The molecule has 0 unspecified atom stereocenters. The predicted molar refractivity (Wildman–Crippen MR) is 98.3 cm³/mol. The van der Waals surface area contributed by atoms with Gasteiger partial charge in [0.2, 0.25) is 0 Å². The molecule has 0 fully saturated rings. The summed E-state index contributed by atoms with van der Waals surface area (Å²) in [6.07, 6.45) is -3.98. The molecule has 1 amide bonds. The topological polar surface area (TPSA) is 76.8 Å². The number of aromatic nitrogens is 4. The van der Waals surface area contributed by atoms with Crippen molar-refractivity contribution in [1.82, 2.24) is 24.9 Å². The minimum absolute atomic E-state index is 0.0336. The van der Waals surface area contributed by atoms with Gasteiger partial charge in [-0.25, -0.2) is 4.68 Å². The van der Waals surface area contributed by atoms with E-state index in [9.17, 15) is 18.0 Å². The second-order valence-corrected chi connectivity index (χ2v) is 7.39. The summed E-state index contributed by atoms with van der Waals surface area (Å²) in [6, 6.07) is 1.01. The lowest BCUT2D eigenvalue weighted by molar-refractivity contribution is -0.173. The Morgan fingerprint density at radius 1 is 1.36 bits per heavy atom. The van der Waals surface area contributed by atoms with Crippen LogP contribution in [-0.4, -0.2) is 43.7 Å². The molecule has 2 aromatic rings. The van der Waals surface area contributed by atoms with E-state index in [1.165, 1.54) is 6.07 Å². The molecule has 28 heavy (non-hydrogen) atoms. The van der Waals surface area contributed by atoms with Gasteiger partial charge in [-0.1, -0.05) is 6.92 Å². The van der Waals surface area contributed by atoms with Crippen molar-refractivity contribution in [3.05, 3.63) is 29.2 Å². The Kier molecular flexibility index (Phi) is 5.40.